The Hall–Kier alpha value is -2.51. The molecule has 0 heterocycles. The third-order valence-electron chi connectivity index (χ3n) is 2.76. The van der Waals surface area contributed by atoms with Crippen molar-refractivity contribution in [3.05, 3.63) is 81.2 Å². The molecule has 0 bridgehead atoms. The van der Waals surface area contributed by atoms with Crippen LogP contribution < -0.4 is 0 Å². The van der Waals surface area contributed by atoms with Crippen LogP contribution >= 0.6 is 11.6 Å². The molecule has 2 aromatic carbocycles. The molecular weight excluding hydrogens is 340 g/mol. The molecule has 0 spiro atoms. The third-order valence-corrected chi connectivity index (χ3v) is 4.08. The molecule has 2 aromatic rings. The van der Waals surface area contributed by atoms with Gasteiger partial charge >= 0.3 is 0 Å². The number of benzene rings is 2. The smallest absolute Gasteiger partial charge is 0.258 e. The number of nitro groups is 1. The van der Waals surface area contributed by atoms with Crippen molar-refractivity contribution in [3.8, 4) is 0 Å². The summed E-state index contributed by atoms with van der Waals surface area (Å²) < 4.78 is 27.3. The van der Waals surface area contributed by atoms with Crippen LogP contribution in [-0.4, -0.2) is 18.5 Å². The van der Waals surface area contributed by atoms with Crippen molar-refractivity contribution in [3.63, 3.8) is 0 Å². The molecule has 0 aliphatic heterocycles. The highest BCUT2D eigenvalue weighted by Crippen LogP contribution is 2.14. The van der Waals surface area contributed by atoms with Crippen molar-refractivity contribution in [1.29, 1.82) is 0 Å². The van der Waals surface area contributed by atoms with Gasteiger partial charge in [-0.25, -0.2) is 0 Å². The number of sulfonamides is 1. The van der Waals surface area contributed by atoms with Crippen molar-refractivity contribution >= 4 is 38.6 Å². The maximum Gasteiger partial charge on any atom is 0.276 e. The van der Waals surface area contributed by atoms with E-state index in [4.69, 9.17) is 11.6 Å². The zero-order chi connectivity index (χ0) is 16.9. The summed E-state index contributed by atoms with van der Waals surface area (Å²) in [5.41, 5.74) is 0.904. The molecule has 0 amide bonds. The molecule has 0 N–H and O–H groups in total. The van der Waals surface area contributed by atoms with Gasteiger partial charge in [-0.05, 0) is 23.8 Å². The maximum atomic E-state index is 11.9. The molecule has 0 radical (unpaired) electrons. The summed E-state index contributed by atoms with van der Waals surface area (Å²) in [4.78, 5) is 10.0. The Bertz CT molecular complexity index is 860. The lowest BCUT2D eigenvalue weighted by molar-refractivity contribution is -0.384. The van der Waals surface area contributed by atoms with E-state index in [0.29, 0.717) is 11.1 Å². The number of halogens is 1. The molecule has 118 valence electrons. The Morgan fingerprint density at radius 1 is 1.09 bits per heavy atom. The highest BCUT2D eigenvalue weighted by atomic mass is 35.5. The molecule has 23 heavy (non-hydrogen) atoms. The van der Waals surface area contributed by atoms with Gasteiger partial charge < -0.3 is 0 Å². The lowest BCUT2D eigenvalue weighted by Crippen LogP contribution is -1.97. The zero-order valence-corrected chi connectivity index (χ0v) is 13.2. The summed E-state index contributed by atoms with van der Waals surface area (Å²) in [6.07, 6.45) is 1.29. The summed E-state index contributed by atoms with van der Waals surface area (Å²) in [7, 11) is -3.91. The van der Waals surface area contributed by atoms with Gasteiger partial charge in [0.05, 0.1) is 10.3 Å². The van der Waals surface area contributed by atoms with Crippen LogP contribution in [0, 0.1) is 10.1 Å². The number of hydrogen-bond donors (Lipinski definition) is 0. The van der Waals surface area contributed by atoms with E-state index in [1.54, 1.807) is 30.3 Å². The van der Waals surface area contributed by atoms with Gasteiger partial charge in [-0.1, -0.05) is 41.9 Å². The number of hydrogen-bond acceptors (Lipinski definition) is 4. The first-order valence-corrected chi connectivity index (χ1v) is 8.24. The van der Waals surface area contributed by atoms with Gasteiger partial charge in [0.15, 0.2) is 0 Å². The molecule has 2 rings (SSSR count). The van der Waals surface area contributed by atoms with E-state index in [-0.39, 0.29) is 10.9 Å². The van der Waals surface area contributed by atoms with E-state index in [2.05, 4.69) is 4.40 Å². The zero-order valence-electron chi connectivity index (χ0n) is 11.7. The van der Waals surface area contributed by atoms with Crippen molar-refractivity contribution < 1.29 is 13.3 Å². The Kier molecular flexibility index (Phi) is 5.25. The van der Waals surface area contributed by atoms with E-state index in [0.717, 1.165) is 5.41 Å². The monoisotopic (exact) mass is 350 g/mol. The average Bonchev–Trinajstić information content (AvgIpc) is 2.54. The largest absolute Gasteiger partial charge is 0.276 e. The number of rotatable bonds is 5. The number of nitrogens with zero attached hydrogens (tertiary/aromatic N) is 2. The minimum Gasteiger partial charge on any atom is -0.258 e. The Morgan fingerprint density at radius 3 is 2.26 bits per heavy atom. The second-order valence-electron chi connectivity index (χ2n) is 4.41. The first-order valence-electron chi connectivity index (χ1n) is 6.36. The van der Waals surface area contributed by atoms with Crippen molar-refractivity contribution in [2.45, 2.75) is 0 Å². The van der Waals surface area contributed by atoms with Gasteiger partial charge in [0.2, 0.25) is 0 Å². The van der Waals surface area contributed by atoms with Crippen LogP contribution in [0.5, 0.6) is 0 Å². The molecule has 0 aliphatic carbocycles. The normalized spacial score (nSPS) is 12.5. The highest BCUT2D eigenvalue weighted by molar-refractivity contribution is 7.93. The van der Waals surface area contributed by atoms with Gasteiger partial charge in [-0.15, -0.1) is 4.40 Å². The molecular formula is C15H11ClN2O4S. The third kappa shape index (κ3) is 5.01. The first kappa shape index (κ1) is 16.9. The minimum absolute atomic E-state index is 0.0739. The molecule has 0 aromatic heterocycles. The summed E-state index contributed by atoms with van der Waals surface area (Å²) >= 11 is 5.89. The summed E-state index contributed by atoms with van der Waals surface area (Å²) in [5.74, 6) is 0. The van der Waals surface area contributed by atoms with E-state index in [1.807, 2.05) is 0 Å². The van der Waals surface area contributed by atoms with Gasteiger partial charge in [0.1, 0.15) is 5.17 Å². The van der Waals surface area contributed by atoms with E-state index in [9.17, 15) is 18.5 Å². The van der Waals surface area contributed by atoms with E-state index < -0.39 is 14.9 Å². The summed E-state index contributed by atoms with van der Waals surface area (Å²) in [6.45, 7) is 0. The van der Waals surface area contributed by atoms with Crippen LogP contribution in [-0.2, 0) is 10.0 Å². The second kappa shape index (κ2) is 7.17. The average molecular weight is 351 g/mol. The van der Waals surface area contributed by atoms with Crippen LogP contribution in [0.3, 0.4) is 0 Å². The molecule has 8 heteroatoms. The highest BCUT2D eigenvalue weighted by Gasteiger charge is 2.07. The van der Waals surface area contributed by atoms with Crippen molar-refractivity contribution in [2.75, 3.05) is 0 Å². The van der Waals surface area contributed by atoms with Crippen LogP contribution in [0.25, 0.3) is 6.08 Å². The van der Waals surface area contributed by atoms with Crippen LogP contribution in [0.2, 0.25) is 0 Å². The van der Waals surface area contributed by atoms with E-state index >= 15 is 0 Å². The topological polar surface area (TPSA) is 89.6 Å². The minimum atomic E-state index is -3.91. The van der Waals surface area contributed by atoms with E-state index in [1.165, 1.54) is 30.3 Å². The molecule has 0 fully saturated rings. The standard InChI is InChI=1S/C15H11ClN2O4S/c16-15(13-4-2-1-3-5-13)17-23(21,22)11-10-12-6-8-14(9-7-12)18(19)20/h1-11H/b11-10+,17-15?. The fourth-order valence-corrected chi connectivity index (χ4v) is 2.78. The molecule has 0 saturated carbocycles. The summed E-state index contributed by atoms with van der Waals surface area (Å²) in [6, 6.07) is 13.9. The predicted molar refractivity (Wildman–Crippen MR) is 89.9 cm³/mol. The Morgan fingerprint density at radius 2 is 1.70 bits per heavy atom. The van der Waals surface area contributed by atoms with Crippen molar-refractivity contribution in [2.24, 2.45) is 4.40 Å². The second-order valence-corrected chi connectivity index (χ2v) is 6.26. The summed E-state index contributed by atoms with van der Waals surface area (Å²) in [5, 5.41) is 11.3. The van der Waals surface area contributed by atoms with Gasteiger partial charge in [-0.2, -0.15) is 8.42 Å². The van der Waals surface area contributed by atoms with Crippen LogP contribution in [0.15, 0.2) is 64.4 Å². The lowest BCUT2D eigenvalue weighted by atomic mass is 10.2. The quantitative estimate of drug-likeness (QED) is 0.468. The first-order chi connectivity index (χ1) is 10.9. The number of nitro benzene ring substituents is 1. The lowest BCUT2D eigenvalue weighted by Gasteiger charge is -1.97. The fourth-order valence-electron chi connectivity index (χ4n) is 1.64. The molecule has 0 atom stereocenters. The molecule has 0 saturated heterocycles. The van der Waals surface area contributed by atoms with Gasteiger partial charge in [0, 0.05) is 17.7 Å². The Balaban J connectivity index is 2.19. The van der Waals surface area contributed by atoms with Crippen LogP contribution in [0.1, 0.15) is 11.1 Å². The van der Waals surface area contributed by atoms with Gasteiger partial charge in [0.25, 0.3) is 15.7 Å². The van der Waals surface area contributed by atoms with Crippen LogP contribution in [0.4, 0.5) is 5.69 Å². The molecule has 0 unspecified atom stereocenters. The van der Waals surface area contributed by atoms with Gasteiger partial charge in [-0.3, -0.25) is 10.1 Å². The predicted octanol–water partition coefficient (Wildman–Crippen LogP) is 3.58. The SMILES string of the molecule is O=[N+]([O-])c1ccc(/C=C/S(=O)(=O)N=C(Cl)c2ccccc2)cc1. The Labute approximate surface area is 138 Å². The molecule has 0 aliphatic rings. The number of non-ortho nitro benzene ring substituents is 1. The fraction of sp³-hybridized carbons (Fsp3) is 0. The molecule has 6 nitrogen and oxygen atoms in total. The van der Waals surface area contributed by atoms with Crippen molar-refractivity contribution in [1.82, 2.24) is 0 Å². The maximum absolute atomic E-state index is 11.9.